The molecule has 0 fully saturated rings. The van der Waals surface area contributed by atoms with Crippen LogP contribution in [0.25, 0.3) is 11.3 Å². The minimum absolute atomic E-state index is 0.0784. The Balaban J connectivity index is 1.96. The van der Waals surface area contributed by atoms with Crippen LogP contribution in [0, 0.1) is 6.92 Å². The maximum Gasteiger partial charge on any atom is 0.268 e. The molecule has 1 N–H and O–H groups in total. The van der Waals surface area contributed by atoms with E-state index in [0.29, 0.717) is 23.7 Å². The highest BCUT2D eigenvalue weighted by Gasteiger charge is 2.24. The first kappa shape index (κ1) is 22.4. The van der Waals surface area contributed by atoms with Gasteiger partial charge in [0.1, 0.15) is 4.88 Å². The summed E-state index contributed by atoms with van der Waals surface area (Å²) in [5.74, 6) is -0.390. The molecule has 0 bridgehead atoms. The molecule has 30 heavy (non-hydrogen) atoms. The number of aromatic nitrogens is 1. The van der Waals surface area contributed by atoms with Crippen molar-refractivity contribution in [2.45, 2.75) is 25.7 Å². The van der Waals surface area contributed by atoms with E-state index in [2.05, 4.69) is 10.3 Å². The lowest BCUT2D eigenvalue weighted by Gasteiger charge is -2.19. The molecule has 2 aromatic carbocycles. The van der Waals surface area contributed by atoms with Crippen LogP contribution >= 0.6 is 22.9 Å². The van der Waals surface area contributed by atoms with Crippen LogP contribution in [0.4, 0.5) is 5.69 Å². The Morgan fingerprint density at radius 2 is 1.80 bits per heavy atom. The quantitative estimate of drug-likeness (QED) is 0.531. The number of aryl methyl sites for hydroxylation is 1. The molecule has 0 saturated carbocycles. The van der Waals surface area contributed by atoms with Crippen LogP contribution in [0.15, 0.2) is 53.4 Å². The Labute approximate surface area is 185 Å². The van der Waals surface area contributed by atoms with Crippen molar-refractivity contribution in [2.24, 2.45) is 0 Å². The number of hydrogen-bond donors (Lipinski definition) is 1. The topological polar surface area (TPSA) is 79.4 Å². The second-order valence-corrected chi connectivity index (χ2v) is 10.0. The van der Waals surface area contributed by atoms with Gasteiger partial charge >= 0.3 is 0 Å². The third-order valence-electron chi connectivity index (χ3n) is 4.52. The molecule has 158 valence electrons. The van der Waals surface area contributed by atoms with E-state index in [4.69, 9.17) is 11.6 Å². The van der Waals surface area contributed by atoms with Gasteiger partial charge in [-0.05, 0) is 25.1 Å². The van der Waals surface area contributed by atoms with Gasteiger partial charge in [0.15, 0.2) is 0 Å². The van der Waals surface area contributed by atoms with Gasteiger partial charge in [-0.2, -0.15) is 4.31 Å². The Morgan fingerprint density at radius 1 is 1.13 bits per heavy atom. The Hall–Kier alpha value is -2.26. The van der Waals surface area contributed by atoms with Crippen molar-refractivity contribution in [3.05, 3.63) is 63.4 Å². The minimum atomic E-state index is -3.67. The van der Waals surface area contributed by atoms with Crippen LogP contribution in [-0.4, -0.2) is 36.7 Å². The Morgan fingerprint density at radius 3 is 2.43 bits per heavy atom. The van der Waals surface area contributed by atoms with Crippen LogP contribution in [0.5, 0.6) is 0 Å². The van der Waals surface area contributed by atoms with Crippen LogP contribution in [0.1, 0.15) is 28.5 Å². The van der Waals surface area contributed by atoms with Gasteiger partial charge in [0, 0.05) is 18.7 Å². The van der Waals surface area contributed by atoms with E-state index in [0.717, 1.165) is 10.6 Å². The summed E-state index contributed by atoms with van der Waals surface area (Å²) in [5.41, 5.74) is 1.65. The molecule has 3 rings (SSSR count). The number of carbonyl (C=O) groups excluding carboxylic acids is 1. The summed E-state index contributed by atoms with van der Waals surface area (Å²) >= 11 is 7.52. The zero-order valence-electron chi connectivity index (χ0n) is 16.8. The zero-order chi connectivity index (χ0) is 21.9. The van der Waals surface area contributed by atoms with E-state index in [-0.39, 0.29) is 15.6 Å². The molecular formula is C21H22ClN3O3S2. The highest BCUT2D eigenvalue weighted by Crippen LogP contribution is 2.31. The molecule has 6 nitrogen and oxygen atoms in total. The summed E-state index contributed by atoms with van der Waals surface area (Å²) in [6, 6.07) is 13.7. The van der Waals surface area contributed by atoms with E-state index >= 15 is 0 Å². The molecular weight excluding hydrogens is 442 g/mol. The van der Waals surface area contributed by atoms with Gasteiger partial charge in [-0.1, -0.05) is 55.8 Å². The average molecular weight is 464 g/mol. The smallest absolute Gasteiger partial charge is 0.268 e. The molecule has 0 aliphatic carbocycles. The molecule has 1 aromatic heterocycles. The number of halogens is 1. The molecule has 0 spiro atoms. The van der Waals surface area contributed by atoms with Crippen molar-refractivity contribution in [1.29, 1.82) is 0 Å². The molecule has 1 amide bonds. The van der Waals surface area contributed by atoms with E-state index in [9.17, 15) is 13.2 Å². The fourth-order valence-corrected chi connectivity index (χ4v) is 5.51. The summed E-state index contributed by atoms with van der Waals surface area (Å²) in [4.78, 5) is 18.0. The number of benzene rings is 2. The van der Waals surface area contributed by atoms with E-state index < -0.39 is 15.9 Å². The summed E-state index contributed by atoms with van der Waals surface area (Å²) in [6.07, 6.45) is 0. The third-order valence-corrected chi connectivity index (χ3v) is 7.86. The summed E-state index contributed by atoms with van der Waals surface area (Å²) in [7, 11) is -3.67. The molecule has 0 aliphatic rings. The lowest BCUT2D eigenvalue weighted by molar-refractivity contribution is 0.103. The predicted molar refractivity (Wildman–Crippen MR) is 122 cm³/mol. The number of anilines is 1. The minimum Gasteiger partial charge on any atom is -0.320 e. The number of sulfonamides is 1. The lowest BCUT2D eigenvalue weighted by Crippen LogP contribution is -2.30. The van der Waals surface area contributed by atoms with Crippen LogP contribution in [-0.2, 0) is 10.0 Å². The van der Waals surface area contributed by atoms with Gasteiger partial charge in [0.2, 0.25) is 10.0 Å². The van der Waals surface area contributed by atoms with Crippen molar-refractivity contribution < 1.29 is 13.2 Å². The first-order chi connectivity index (χ1) is 14.3. The normalized spacial score (nSPS) is 11.6. The van der Waals surface area contributed by atoms with Gasteiger partial charge in [-0.25, -0.2) is 13.4 Å². The van der Waals surface area contributed by atoms with Crippen molar-refractivity contribution in [2.75, 3.05) is 18.4 Å². The maximum atomic E-state index is 13.0. The average Bonchev–Trinajstić information content (AvgIpc) is 3.12. The van der Waals surface area contributed by atoms with E-state index in [1.54, 1.807) is 13.8 Å². The lowest BCUT2D eigenvalue weighted by atomic mass is 10.1. The maximum absolute atomic E-state index is 13.0. The standard InChI is InChI=1S/C21H22ClN3O3S2/c1-4-25(5-2)30(27,28)16-11-12-17(22)18(13-16)24-21(26)20-19(23-14(3)29-20)15-9-7-6-8-10-15/h6-13H,4-5H2,1-3H3,(H,24,26). The van der Waals surface area contributed by atoms with Gasteiger partial charge in [0.25, 0.3) is 5.91 Å². The van der Waals surface area contributed by atoms with Gasteiger partial charge in [0.05, 0.1) is 26.3 Å². The fraction of sp³-hybridized carbons (Fsp3) is 0.238. The second kappa shape index (κ2) is 9.26. The fourth-order valence-electron chi connectivity index (χ4n) is 3.02. The second-order valence-electron chi connectivity index (χ2n) is 6.46. The van der Waals surface area contributed by atoms with Crippen molar-refractivity contribution >= 4 is 44.6 Å². The predicted octanol–water partition coefficient (Wildman–Crippen LogP) is 5.05. The highest BCUT2D eigenvalue weighted by molar-refractivity contribution is 7.89. The van der Waals surface area contributed by atoms with Crippen LogP contribution < -0.4 is 5.32 Å². The largest absolute Gasteiger partial charge is 0.320 e. The van der Waals surface area contributed by atoms with E-state index in [1.165, 1.54) is 33.8 Å². The number of thiazole rings is 1. The van der Waals surface area contributed by atoms with E-state index in [1.807, 2.05) is 37.3 Å². The number of hydrogen-bond acceptors (Lipinski definition) is 5. The van der Waals surface area contributed by atoms with Gasteiger partial charge < -0.3 is 5.32 Å². The number of carbonyl (C=O) groups is 1. The number of amides is 1. The Bertz CT molecular complexity index is 1160. The summed E-state index contributed by atoms with van der Waals surface area (Å²) < 4.78 is 27.0. The Kier molecular flexibility index (Phi) is 6.92. The molecule has 0 aliphatic heterocycles. The first-order valence-electron chi connectivity index (χ1n) is 9.41. The molecule has 9 heteroatoms. The first-order valence-corrected chi connectivity index (χ1v) is 12.0. The van der Waals surface area contributed by atoms with Crippen molar-refractivity contribution in [3.63, 3.8) is 0 Å². The van der Waals surface area contributed by atoms with Crippen LogP contribution in [0.2, 0.25) is 5.02 Å². The molecule has 0 atom stereocenters. The molecule has 0 radical (unpaired) electrons. The van der Waals surface area contributed by atoms with Crippen molar-refractivity contribution in [3.8, 4) is 11.3 Å². The SMILES string of the molecule is CCN(CC)S(=O)(=O)c1ccc(Cl)c(NC(=O)c2sc(C)nc2-c2ccccc2)c1. The molecule has 3 aromatic rings. The van der Waals surface area contributed by atoms with Crippen molar-refractivity contribution in [1.82, 2.24) is 9.29 Å². The zero-order valence-corrected chi connectivity index (χ0v) is 19.2. The van der Waals surface area contributed by atoms with Gasteiger partial charge in [-0.15, -0.1) is 11.3 Å². The molecule has 0 saturated heterocycles. The molecule has 0 unspecified atom stereocenters. The number of nitrogens with one attached hydrogen (secondary N) is 1. The third kappa shape index (κ3) is 4.57. The number of rotatable bonds is 7. The highest BCUT2D eigenvalue weighted by atomic mass is 35.5. The molecule has 1 heterocycles. The monoisotopic (exact) mass is 463 g/mol. The van der Waals surface area contributed by atoms with Crippen LogP contribution in [0.3, 0.4) is 0 Å². The van der Waals surface area contributed by atoms with Gasteiger partial charge in [-0.3, -0.25) is 4.79 Å². The summed E-state index contributed by atoms with van der Waals surface area (Å²) in [5, 5.41) is 3.76. The number of nitrogens with zero attached hydrogens (tertiary/aromatic N) is 2. The summed E-state index contributed by atoms with van der Waals surface area (Å²) in [6.45, 7) is 6.08.